The van der Waals surface area contributed by atoms with Crippen molar-refractivity contribution >= 4 is 33.4 Å². The van der Waals surface area contributed by atoms with Gasteiger partial charge in [0.15, 0.2) is 5.76 Å². The maximum atomic E-state index is 6.47. The van der Waals surface area contributed by atoms with Crippen molar-refractivity contribution in [3.63, 3.8) is 0 Å². The van der Waals surface area contributed by atoms with E-state index in [9.17, 15) is 0 Å². The van der Waals surface area contributed by atoms with Crippen LogP contribution in [0.2, 0.25) is 0 Å². The SMILES string of the molecule is C=C(c1ccccc1)c1ccccc1C.C=C/C=C(C=C)/C(=C/C)N=C(c1ccc(C(=C)C)cc1)c1oc2ccc(C(/C=C\C)=C/C=C)cc2c1C.CC. The molecule has 0 aliphatic rings. The van der Waals surface area contributed by atoms with Gasteiger partial charge in [-0.05, 0) is 91.3 Å². The van der Waals surface area contributed by atoms with Crippen LogP contribution in [-0.2, 0) is 0 Å². The molecule has 5 aromatic rings. The van der Waals surface area contributed by atoms with E-state index in [1.54, 1.807) is 18.2 Å². The van der Waals surface area contributed by atoms with Crippen LogP contribution >= 0.6 is 0 Å². The van der Waals surface area contributed by atoms with E-state index in [0.717, 1.165) is 72.7 Å². The Kier molecular flexibility index (Phi) is 16.6. The highest BCUT2D eigenvalue weighted by atomic mass is 16.3. The number of aryl methyl sites for hydroxylation is 2. The van der Waals surface area contributed by atoms with E-state index in [4.69, 9.17) is 9.41 Å². The number of rotatable bonds is 12. The summed E-state index contributed by atoms with van der Waals surface area (Å²) in [6.07, 6.45) is 15.3. The average Bonchev–Trinajstić information content (AvgIpc) is 3.53. The average molecular weight is 710 g/mol. The van der Waals surface area contributed by atoms with Crippen molar-refractivity contribution in [3.8, 4) is 0 Å². The summed E-state index contributed by atoms with van der Waals surface area (Å²) in [5.41, 5.74) is 14.3. The van der Waals surface area contributed by atoms with Crippen LogP contribution in [0.3, 0.4) is 0 Å². The van der Waals surface area contributed by atoms with Gasteiger partial charge >= 0.3 is 0 Å². The molecule has 274 valence electrons. The summed E-state index contributed by atoms with van der Waals surface area (Å²) in [4.78, 5) is 5.11. The maximum absolute atomic E-state index is 6.47. The van der Waals surface area contributed by atoms with Crippen LogP contribution in [0.15, 0.2) is 199 Å². The Balaban J connectivity index is 0.000000381. The molecule has 0 N–H and O–H groups in total. The van der Waals surface area contributed by atoms with Gasteiger partial charge in [0.1, 0.15) is 11.3 Å². The predicted molar refractivity (Wildman–Crippen MR) is 240 cm³/mol. The fourth-order valence-corrected chi connectivity index (χ4v) is 5.85. The number of aliphatic imine (C=N–C) groups is 1. The molecule has 0 fully saturated rings. The summed E-state index contributed by atoms with van der Waals surface area (Å²) >= 11 is 0. The third-order valence-corrected chi connectivity index (χ3v) is 8.69. The molecule has 0 radical (unpaired) electrons. The molecule has 54 heavy (non-hydrogen) atoms. The number of furan rings is 1. The molecular formula is C52H55NO. The quantitative estimate of drug-likeness (QED) is 0.0935. The number of hydrogen-bond acceptors (Lipinski definition) is 2. The fourth-order valence-electron chi connectivity index (χ4n) is 5.85. The molecule has 1 aromatic heterocycles. The molecule has 0 amide bonds. The van der Waals surface area contributed by atoms with Gasteiger partial charge in [-0.3, -0.25) is 0 Å². The molecule has 0 aliphatic heterocycles. The summed E-state index contributed by atoms with van der Waals surface area (Å²) in [5, 5.41) is 1.05. The number of hydrogen-bond donors (Lipinski definition) is 0. The summed E-state index contributed by atoms with van der Waals surface area (Å²) < 4.78 is 6.47. The number of nitrogens with zero attached hydrogens (tertiary/aromatic N) is 1. The highest BCUT2D eigenvalue weighted by Gasteiger charge is 2.20. The Labute approximate surface area is 324 Å². The van der Waals surface area contributed by atoms with Crippen molar-refractivity contribution < 1.29 is 4.42 Å². The topological polar surface area (TPSA) is 25.5 Å². The molecule has 0 atom stereocenters. The molecular weight excluding hydrogens is 655 g/mol. The van der Waals surface area contributed by atoms with E-state index in [1.807, 2.05) is 83.2 Å². The molecule has 2 nitrogen and oxygen atoms in total. The van der Waals surface area contributed by atoms with Crippen molar-refractivity contribution in [1.82, 2.24) is 0 Å². The first-order chi connectivity index (χ1) is 26.2. The van der Waals surface area contributed by atoms with Crippen molar-refractivity contribution in [2.45, 2.75) is 48.5 Å². The molecule has 0 bridgehead atoms. The maximum Gasteiger partial charge on any atom is 0.157 e. The van der Waals surface area contributed by atoms with Gasteiger partial charge in [0.25, 0.3) is 0 Å². The molecule has 0 saturated heterocycles. The Morgan fingerprint density at radius 2 is 1.31 bits per heavy atom. The fraction of sp³-hybridized carbons (Fsp3) is 0.135. The molecule has 1 heterocycles. The highest BCUT2D eigenvalue weighted by molar-refractivity contribution is 6.15. The number of benzene rings is 4. The summed E-state index contributed by atoms with van der Waals surface area (Å²) in [5.74, 6) is 0.733. The molecule has 5 rings (SSSR count). The van der Waals surface area contributed by atoms with Gasteiger partial charge in [0.05, 0.1) is 5.70 Å². The Hall–Kier alpha value is -6.25. The van der Waals surface area contributed by atoms with Crippen molar-refractivity contribution in [3.05, 3.63) is 235 Å². The minimum atomic E-state index is 0.733. The van der Waals surface area contributed by atoms with Gasteiger partial charge in [-0.1, -0.05) is 186 Å². The number of allylic oxidation sites excluding steroid dienone is 10. The molecule has 2 heteroatoms. The first kappa shape index (κ1) is 42.2. The molecule has 0 spiro atoms. The minimum Gasteiger partial charge on any atom is -0.454 e. The zero-order valence-electron chi connectivity index (χ0n) is 33.2. The lowest BCUT2D eigenvalue weighted by Crippen LogP contribution is -2.05. The van der Waals surface area contributed by atoms with Crippen LogP contribution in [-0.4, -0.2) is 5.71 Å². The third kappa shape index (κ3) is 10.6. The van der Waals surface area contributed by atoms with Crippen LogP contribution in [0, 0.1) is 13.8 Å². The minimum absolute atomic E-state index is 0.733. The smallest absolute Gasteiger partial charge is 0.157 e. The third-order valence-electron chi connectivity index (χ3n) is 8.69. The van der Waals surface area contributed by atoms with E-state index in [1.165, 1.54) is 16.7 Å². The van der Waals surface area contributed by atoms with Gasteiger partial charge in [-0.15, -0.1) is 0 Å². The van der Waals surface area contributed by atoms with Crippen LogP contribution in [0.1, 0.15) is 79.3 Å². The Bertz CT molecular complexity index is 2240. The van der Waals surface area contributed by atoms with Gasteiger partial charge in [0.2, 0.25) is 0 Å². The van der Waals surface area contributed by atoms with Crippen LogP contribution in [0.5, 0.6) is 0 Å². The van der Waals surface area contributed by atoms with E-state index in [-0.39, 0.29) is 0 Å². The summed E-state index contributed by atoms with van der Waals surface area (Å²) in [7, 11) is 0. The largest absolute Gasteiger partial charge is 0.454 e. The second-order valence-corrected chi connectivity index (χ2v) is 12.3. The standard InChI is InChI=1S/C35H35NO.C15H14.C2H6/c1-9-14-26(12-4)32(13-5)36-34(29-19-17-27(18-20-29)24(6)7)35-25(8)31-23-30(21-22-33(31)37-35)28(15-10-2)16-11-3;1-12-8-6-7-11-15(12)13(2)14-9-4-3-5-10-14;1-2/h9-23H,1-2,4,6H2,3,5,7-8H3;3-11H,2H2,1H3;1-2H3/b16-11-,26-14+,28-15+,32-13-,36-34?;;. The number of fused-ring (bicyclic) bond motifs is 1. The van der Waals surface area contributed by atoms with Crippen LogP contribution in [0.4, 0.5) is 0 Å². The van der Waals surface area contributed by atoms with E-state index in [2.05, 4.69) is 126 Å². The first-order valence-corrected chi connectivity index (χ1v) is 18.4. The predicted octanol–water partition coefficient (Wildman–Crippen LogP) is 15.0. The first-order valence-electron chi connectivity index (χ1n) is 18.4. The lowest BCUT2D eigenvalue weighted by molar-refractivity contribution is 0.602. The second-order valence-electron chi connectivity index (χ2n) is 12.3. The van der Waals surface area contributed by atoms with E-state index in [0.29, 0.717) is 0 Å². The van der Waals surface area contributed by atoms with Crippen molar-refractivity contribution in [1.29, 1.82) is 0 Å². The Morgan fingerprint density at radius 3 is 1.89 bits per heavy atom. The van der Waals surface area contributed by atoms with E-state index < -0.39 is 0 Å². The highest BCUT2D eigenvalue weighted by Crippen LogP contribution is 2.32. The van der Waals surface area contributed by atoms with Crippen LogP contribution < -0.4 is 0 Å². The Morgan fingerprint density at radius 1 is 0.704 bits per heavy atom. The van der Waals surface area contributed by atoms with Gasteiger partial charge in [-0.25, -0.2) is 4.99 Å². The molecule has 0 saturated carbocycles. The zero-order valence-corrected chi connectivity index (χ0v) is 33.2. The monoisotopic (exact) mass is 709 g/mol. The lowest BCUT2D eigenvalue weighted by atomic mass is 9.96. The van der Waals surface area contributed by atoms with Crippen molar-refractivity contribution in [2.24, 2.45) is 4.99 Å². The summed E-state index contributed by atoms with van der Waals surface area (Å²) in [6, 6.07) is 33.1. The second kappa shape index (κ2) is 21.3. The molecule has 4 aromatic carbocycles. The van der Waals surface area contributed by atoms with Crippen LogP contribution in [0.25, 0.3) is 27.7 Å². The molecule has 0 aliphatic carbocycles. The zero-order chi connectivity index (χ0) is 39.6. The van der Waals surface area contributed by atoms with Gasteiger partial charge in [-0.2, -0.15) is 0 Å². The van der Waals surface area contributed by atoms with Gasteiger partial charge in [0, 0.05) is 16.5 Å². The lowest BCUT2D eigenvalue weighted by Gasteiger charge is -2.10. The summed E-state index contributed by atoms with van der Waals surface area (Å²) in [6.45, 7) is 34.1. The van der Waals surface area contributed by atoms with Crippen molar-refractivity contribution in [2.75, 3.05) is 0 Å². The van der Waals surface area contributed by atoms with E-state index >= 15 is 0 Å². The van der Waals surface area contributed by atoms with Gasteiger partial charge < -0.3 is 4.42 Å². The normalized spacial score (nSPS) is 12.0. The molecule has 0 unspecified atom stereocenters.